The zero-order chi connectivity index (χ0) is 39.1. The summed E-state index contributed by atoms with van der Waals surface area (Å²) < 4.78 is 2.39. The Morgan fingerprint density at radius 3 is 1.29 bits per heavy atom. The molecule has 0 amide bonds. The molecule has 0 fully saturated rings. The Morgan fingerprint density at radius 1 is 0.271 bits per heavy atom. The Morgan fingerprint density at radius 2 is 0.678 bits per heavy atom. The fourth-order valence-corrected chi connectivity index (χ4v) is 8.49. The molecule has 11 rings (SSSR count). The van der Waals surface area contributed by atoms with Crippen LogP contribution in [0, 0.1) is 0 Å². The van der Waals surface area contributed by atoms with Gasteiger partial charge in [-0.05, 0) is 74.5 Å². The van der Waals surface area contributed by atoms with Crippen molar-refractivity contribution < 1.29 is 0 Å². The van der Waals surface area contributed by atoms with Crippen LogP contribution in [0.3, 0.4) is 0 Å². The second-order valence-corrected chi connectivity index (χ2v) is 14.8. The van der Waals surface area contributed by atoms with Crippen molar-refractivity contribution in [1.82, 2.24) is 19.5 Å². The summed E-state index contributed by atoms with van der Waals surface area (Å²) in [6.07, 6.45) is 0. The highest BCUT2D eigenvalue weighted by Crippen LogP contribution is 2.43. The monoisotopic (exact) mass is 752 g/mol. The SMILES string of the molecule is c1ccc(-c2cccc(-c3cccc(-c4nc(-c5ccccc5)nc(-c5c(-n6c7ccccc7c7ccccc76)cc(-c6ccccc6)c6ccccc56)n4)c3)c2)cc1. The van der Waals surface area contributed by atoms with Crippen LogP contribution in [0.1, 0.15) is 0 Å². The molecule has 2 aromatic heterocycles. The summed E-state index contributed by atoms with van der Waals surface area (Å²) in [5.41, 5.74) is 12.9. The Kier molecular flexibility index (Phi) is 8.45. The summed E-state index contributed by atoms with van der Waals surface area (Å²) in [6.45, 7) is 0. The highest BCUT2D eigenvalue weighted by Gasteiger charge is 2.23. The van der Waals surface area contributed by atoms with Gasteiger partial charge >= 0.3 is 0 Å². The van der Waals surface area contributed by atoms with E-state index in [-0.39, 0.29) is 0 Å². The first-order valence-corrected chi connectivity index (χ1v) is 19.9. The van der Waals surface area contributed by atoms with Crippen molar-refractivity contribution in [1.29, 1.82) is 0 Å². The second kappa shape index (κ2) is 14.5. The fourth-order valence-electron chi connectivity index (χ4n) is 8.49. The second-order valence-electron chi connectivity index (χ2n) is 14.8. The molecule has 0 atom stereocenters. The third-order valence-corrected chi connectivity index (χ3v) is 11.2. The molecule has 0 bridgehead atoms. The van der Waals surface area contributed by atoms with Gasteiger partial charge in [0, 0.05) is 21.9 Å². The Hall–Kier alpha value is -7.95. The number of nitrogens with zero attached hydrogens (tertiary/aromatic N) is 4. The molecule has 0 aliphatic heterocycles. The van der Waals surface area contributed by atoms with Gasteiger partial charge in [-0.3, -0.25) is 0 Å². The summed E-state index contributed by atoms with van der Waals surface area (Å²) in [5, 5.41) is 4.57. The van der Waals surface area contributed by atoms with E-state index in [0.717, 1.165) is 66.4 Å². The van der Waals surface area contributed by atoms with E-state index >= 15 is 0 Å². The number of aromatic nitrogens is 4. The molecule has 2 heterocycles. The lowest BCUT2D eigenvalue weighted by atomic mass is 9.92. The van der Waals surface area contributed by atoms with E-state index in [1.165, 1.54) is 21.9 Å². The van der Waals surface area contributed by atoms with Crippen molar-refractivity contribution in [2.45, 2.75) is 0 Å². The van der Waals surface area contributed by atoms with Crippen LogP contribution < -0.4 is 0 Å². The van der Waals surface area contributed by atoms with E-state index in [9.17, 15) is 0 Å². The molecule has 0 spiro atoms. The molecule has 59 heavy (non-hydrogen) atoms. The van der Waals surface area contributed by atoms with Crippen LogP contribution in [0.25, 0.3) is 106 Å². The first kappa shape index (κ1) is 34.3. The van der Waals surface area contributed by atoms with E-state index in [1.54, 1.807) is 0 Å². The number of benzene rings is 9. The first-order chi connectivity index (χ1) is 29.3. The van der Waals surface area contributed by atoms with Gasteiger partial charge in [-0.25, -0.2) is 15.0 Å². The van der Waals surface area contributed by atoms with E-state index in [0.29, 0.717) is 17.5 Å². The van der Waals surface area contributed by atoms with E-state index < -0.39 is 0 Å². The summed E-state index contributed by atoms with van der Waals surface area (Å²) in [6, 6.07) is 77.0. The van der Waals surface area contributed by atoms with Gasteiger partial charge in [0.1, 0.15) is 0 Å². The molecule has 4 heteroatoms. The maximum Gasteiger partial charge on any atom is 0.166 e. The Balaban J connectivity index is 1.19. The zero-order valence-electron chi connectivity index (χ0n) is 32.1. The lowest BCUT2D eigenvalue weighted by molar-refractivity contribution is 1.07. The molecule has 0 aliphatic rings. The van der Waals surface area contributed by atoms with Crippen LogP contribution in [0.2, 0.25) is 0 Å². The van der Waals surface area contributed by atoms with Gasteiger partial charge < -0.3 is 4.57 Å². The molecule has 11 aromatic rings. The van der Waals surface area contributed by atoms with E-state index in [4.69, 9.17) is 15.0 Å². The summed E-state index contributed by atoms with van der Waals surface area (Å²) in [7, 11) is 0. The Labute approximate surface area is 342 Å². The van der Waals surface area contributed by atoms with Crippen LogP contribution >= 0.6 is 0 Å². The lowest BCUT2D eigenvalue weighted by Crippen LogP contribution is -2.05. The van der Waals surface area contributed by atoms with E-state index in [1.807, 2.05) is 18.2 Å². The molecule has 0 saturated carbocycles. The molecule has 0 unspecified atom stereocenters. The fraction of sp³-hybridized carbons (Fsp3) is 0. The molecule has 0 radical (unpaired) electrons. The Bertz CT molecular complexity index is 3260. The average Bonchev–Trinajstić information content (AvgIpc) is 3.66. The lowest BCUT2D eigenvalue weighted by Gasteiger charge is -2.20. The van der Waals surface area contributed by atoms with Crippen molar-refractivity contribution in [2.75, 3.05) is 0 Å². The molecule has 276 valence electrons. The van der Waals surface area contributed by atoms with E-state index in [2.05, 4.69) is 205 Å². The number of hydrogen-bond acceptors (Lipinski definition) is 3. The largest absolute Gasteiger partial charge is 0.308 e. The third-order valence-electron chi connectivity index (χ3n) is 11.2. The van der Waals surface area contributed by atoms with Crippen LogP contribution in [-0.4, -0.2) is 19.5 Å². The van der Waals surface area contributed by atoms with Crippen LogP contribution in [0.4, 0.5) is 0 Å². The smallest absolute Gasteiger partial charge is 0.166 e. The number of para-hydroxylation sites is 2. The first-order valence-electron chi connectivity index (χ1n) is 19.9. The minimum Gasteiger partial charge on any atom is -0.308 e. The minimum atomic E-state index is 0.609. The van der Waals surface area contributed by atoms with Crippen molar-refractivity contribution in [2.24, 2.45) is 0 Å². The highest BCUT2D eigenvalue weighted by atomic mass is 15.1. The normalized spacial score (nSPS) is 11.4. The van der Waals surface area contributed by atoms with Crippen LogP contribution in [0.15, 0.2) is 218 Å². The van der Waals surface area contributed by atoms with Gasteiger partial charge in [0.05, 0.1) is 22.3 Å². The van der Waals surface area contributed by atoms with Gasteiger partial charge in [0.2, 0.25) is 0 Å². The molecule has 4 nitrogen and oxygen atoms in total. The van der Waals surface area contributed by atoms with Crippen LogP contribution in [-0.2, 0) is 0 Å². The maximum absolute atomic E-state index is 5.45. The van der Waals surface area contributed by atoms with Gasteiger partial charge in [0.25, 0.3) is 0 Å². The van der Waals surface area contributed by atoms with Crippen molar-refractivity contribution >= 4 is 32.6 Å². The molecule has 0 aliphatic carbocycles. The van der Waals surface area contributed by atoms with Gasteiger partial charge in [-0.1, -0.05) is 188 Å². The van der Waals surface area contributed by atoms with Gasteiger partial charge in [-0.2, -0.15) is 0 Å². The number of rotatable bonds is 7. The molecule has 9 aromatic carbocycles. The van der Waals surface area contributed by atoms with Gasteiger partial charge in [0.15, 0.2) is 17.5 Å². The highest BCUT2D eigenvalue weighted by molar-refractivity contribution is 6.13. The van der Waals surface area contributed by atoms with Crippen molar-refractivity contribution in [3.8, 4) is 73.2 Å². The van der Waals surface area contributed by atoms with Crippen molar-refractivity contribution in [3.63, 3.8) is 0 Å². The summed E-state index contributed by atoms with van der Waals surface area (Å²) >= 11 is 0. The average molecular weight is 753 g/mol. The minimum absolute atomic E-state index is 0.609. The van der Waals surface area contributed by atoms with Gasteiger partial charge in [-0.15, -0.1) is 0 Å². The summed E-state index contributed by atoms with van der Waals surface area (Å²) in [5.74, 6) is 1.84. The maximum atomic E-state index is 5.45. The van der Waals surface area contributed by atoms with Crippen molar-refractivity contribution in [3.05, 3.63) is 218 Å². The molecular formula is C55H36N4. The third kappa shape index (κ3) is 6.15. The molecule has 0 N–H and O–H groups in total. The predicted octanol–water partition coefficient (Wildman–Crippen LogP) is 14.1. The summed E-state index contributed by atoms with van der Waals surface area (Å²) in [4.78, 5) is 16.0. The standard InChI is InChI=1S/C55H36N4/c1-4-18-37(19-5-1)40-24-16-25-41(34-40)42-26-17-27-43(35-42)54-56-53(39-22-8-3-9-23-39)57-55(58-54)52-47-31-11-10-28-44(47)48(38-20-6-2-7-21-38)36-51(52)59-49-32-14-12-29-45(49)46-30-13-15-33-50(46)59/h1-36H. The quantitative estimate of drug-likeness (QED) is 0.163. The number of fused-ring (bicyclic) bond motifs is 4. The molecular weight excluding hydrogens is 717 g/mol. The predicted molar refractivity (Wildman–Crippen MR) is 244 cm³/mol. The topological polar surface area (TPSA) is 43.6 Å². The number of hydrogen-bond donors (Lipinski definition) is 0. The molecule has 0 saturated heterocycles. The zero-order valence-corrected chi connectivity index (χ0v) is 32.1. The van der Waals surface area contributed by atoms with Crippen LogP contribution in [0.5, 0.6) is 0 Å².